The van der Waals surface area contributed by atoms with Crippen LogP contribution >= 0.6 is 0 Å². The summed E-state index contributed by atoms with van der Waals surface area (Å²) in [6.07, 6.45) is 2.69. The molecule has 2 aromatic heterocycles. The molecule has 0 saturated carbocycles. The molecule has 14 heavy (non-hydrogen) atoms. The van der Waals surface area contributed by atoms with Crippen LogP contribution in [-0.2, 0) is 13.0 Å². The fraction of sp³-hybridized carbons (Fsp3) is 0.300. The highest BCUT2D eigenvalue weighted by Crippen LogP contribution is 2.19. The molecule has 0 bridgehead atoms. The van der Waals surface area contributed by atoms with E-state index in [4.69, 9.17) is 0 Å². The lowest BCUT2D eigenvalue weighted by atomic mass is 10.1. The summed E-state index contributed by atoms with van der Waals surface area (Å²) in [4.78, 5) is 4.36. The summed E-state index contributed by atoms with van der Waals surface area (Å²) in [7, 11) is 0. The SMILES string of the molecule is Cc1nnc2n1Cc1ncccc1C2. The van der Waals surface area contributed by atoms with Crippen molar-refractivity contribution in [3.63, 3.8) is 0 Å². The Bertz CT molecular complexity index is 487. The van der Waals surface area contributed by atoms with E-state index in [1.165, 1.54) is 5.56 Å². The van der Waals surface area contributed by atoms with Gasteiger partial charge in [0.25, 0.3) is 0 Å². The molecule has 0 amide bonds. The number of aromatic nitrogens is 4. The number of rotatable bonds is 0. The third kappa shape index (κ3) is 0.968. The van der Waals surface area contributed by atoms with Crippen LogP contribution in [0.15, 0.2) is 18.3 Å². The van der Waals surface area contributed by atoms with Crippen LogP contribution in [-0.4, -0.2) is 19.7 Å². The van der Waals surface area contributed by atoms with Gasteiger partial charge in [0, 0.05) is 12.6 Å². The molecule has 2 aromatic rings. The summed E-state index contributed by atoms with van der Waals surface area (Å²) in [6, 6.07) is 4.08. The van der Waals surface area contributed by atoms with E-state index < -0.39 is 0 Å². The molecule has 3 rings (SSSR count). The molecule has 4 nitrogen and oxygen atoms in total. The zero-order valence-electron chi connectivity index (χ0n) is 7.94. The smallest absolute Gasteiger partial charge is 0.137 e. The highest BCUT2D eigenvalue weighted by Gasteiger charge is 2.18. The zero-order valence-corrected chi connectivity index (χ0v) is 7.94. The molecule has 0 N–H and O–H groups in total. The first-order chi connectivity index (χ1) is 6.84. The first-order valence-corrected chi connectivity index (χ1v) is 4.66. The molecule has 4 heteroatoms. The maximum Gasteiger partial charge on any atom is 0.137 e. The Balaban J connectivity index is 2.14. The highest BCUT2D eigenvalue weighted by atomic mass is 15.3. The van der Waals surface area contributed by atoms with Gasteiger partial charge in [0.1, 0.15) is 11.6 Å². The van der Waals surface area contributed by atoms with Crippen LogP contribution in [0.25, 0.3) is 0 Å². The molecule has 0 saturated heterocycles. The van der Waals surface area contributed by atoms with Crippen molar-refractivity contribution < 1.29 is 0 Å². The van der Waals surface area contributed by atoms with Gasteiger partial charge < -0.3 is 4.57 Å². The monoisotopic (exact) mass is 186 g/mol. The summed E-state index contributed by atoms with van der Waals surface area (Å²) in [5, 5.41) is 8.21. The highest BCUT2D eigenvalue weighted by molar-refractivity contribution is 5.27. The summed E-state index contributed by atoms with van der Waals surface area (Å²) >= 11 is 0. The number of fused-ring (bicyclic) bond motifs is 2. The number of pyridine rings is 1. The number of nitrogens with zero attached hydrogens (tertiary/aromatic N) is 4. The molecule has 0 aliphatic carbocycles. The predicted molar refractivity (Wildman–Crippen MR) is 50.9 cm³/mol. The molecular formula is C10H10N4. The van der Waals surface area contributed by atoms with Crippen molar-refractivity contribution in [1.29, 1.82) is 0 Å². The molecule has 1 aliphatic rings. The number of aryl methyl sites for hydroxylation is 1. The molecule has 0 unspecified atom stereocenters. The Morgan fingerprint density at radius 3 is 3.21 bits per heavy atom. The summed E-state index contributed by atoms with van der Waals surface area (Å²) in [5.41, 5.74) is 2.41. The molecule has 0 spiro atoms. The lowest BCUT2D eigenvalue weighted by Crippen LogP contribution is -2.16. The van der Waals surface area contributed by atoms with Gasteiger partial charge in [-0.3, -0.25) is 4.98 Å². The fourth-order valence-corrected chi connectivity index (χ4v) is 1.86. The number of hydrogen-bond acceptors (Lipinski definition) is 3. The Morgan fingerprint density at radius 2 is 2.29 bits per heavy atom. The third-order valence-corrected chi connectivity index (χ3v) is 2.65. The van der Waals surface area contributed by atoms with Crippen molar-refractivity contribution in [3.05, 3.63) is 41.2 Å². The van der Waals surface area contributed by atoms with Gasteiger partial charge in [0.05, 0.1) is 12.2 Å². The van der Waals surface area contributed by atoms with Crippen LogP contribution in [0.1, 0.15) is 22.9 Å². The predicted octanol–water partition coefficient (Wildman–Crippen LogP) is 0.934. The molecule has 0 fully saturated rings. The lowest BCUT2D eigenvalue weighted by molar-refractivity contribution is 0.664. The van der Waals surface area contributed by atoms with E-state index >= 15 is 0 Å². The average Bonchev–Trinajstić information content (AvgIpc) is 2.57. The average molecular weight is 186 g/mol. The van der Waals surface area contributed by atoms with E-state index in [1.54, 1.807) is 0 Å². The quantitative estimate of drug-likeness (QED) is 0.524. The van der Waals surface area contributed by atoms with Gasteiger partial charge in [-0.25, -0.2) is 0 Å². The van der Waals surface area contributed by atoms with Crippen LogP contribution in [0.5, 0.6) is 0 Å². The Hall–Kier alpha value is -1.71. The van der Waals surface area contributed by atoms with Gasteiger partial charge in [-0.1, -0.05) is 6.07 Å². The molecule has 0 aromatic carbocycles. The minimum atomic E-state index is 0.810. The van der Waals surface area contributed by atoms with E-state index in [1.807, 2.05) is 19.2 Å². The first kappa shape index (κ1) is 7.67. The van der Waals surface area contributed by atoms with Crippen LogP contribution in [0, 0.1) is 6.92 Å². The molecule has 70 valence electrons. The maximum absolute atomic E-state index is 4.36. The van der Waals surface area contributed by atoms with Gasteiger partial charge in [-0.2, -0.15) is 0 Å². The van der Waals surface area contributed by atoms with Gasteiger partial charge in [0.2, 0.25) is 0 Å². The normalized spacial score (nSPS) is 13.5. The van der Waals surface area contributed by atoms with Gasteiger partial charge in [0.15, 0.2) is 0 Å². The zero-order chi connectivity index (χ0) is 9.54. The lowest BCUT2D eigenvalue weighted by Gasteiger charge is -2.16. The van der Waals surface area contributed by atoms with Crippen molar-refractivity contribution >= 4 is 0 Å². The second-order valence-electron chi connectivity index (χ2n) is 3.54. The fourth-order valence-electron chi connectivity index (χ4n) is 1.86. The van der Waals surface area contributed by atoms with E-state index in [0.717, 1.165) is 30.3 Å². The minimum Gasteiger partial charge on any atom is -0.309 e. The van der Waals surface area contributed by atoms with Crippen molar-refractivity contribution in [2.45, 2.75) is 19.9 Å². The standard InChI is InChI=1S/C10H10N4/c1-7-12-13-10-5-8-3-2-4-11-9(8)6-14(7)10/h2-4H,5-6H2,1H3. The van der Waals surface area contributed by atoms with Gasteiger partial charge in [-0.05, 0) is 18.6 Å². The second kappa shape index (κ2) is 2.64. The second-order valence-corrected chi connectivity index (χ2v) is 3.54. The topological polar surface area (TPSA) is 43.6 Å². The minimum absolute atomic E-state index is 0.810. The largest absolute Gasteiger partial charge is 0.309 e. The van der Waals surface area contributed by atoms with Crippen molar-refractivity contribution in [2.24, 2.45) is 0 Å². The first-order valence-electron chi connectivity index (χ1n) is 4.66. The van der Waals surface area contributed by atoms with E-state index in [0.29, 0.717) is 0 Å². The van der Waals surface area contributed by atoms with Crippen molar-refractivity contribution in [3.8, 4) is 0 Å². The maximum atomic E-state index is 4.36. The Morgan fingerprint density at radius 1 is 1.36 bits per heavy atom. The van der Waals surface area contributed by atoms with Crippen LogP contribution in [0.3, 0.4) is 0 Å². The van der Waals surface area contributed by atoms with Crippen molar-refractivity contribution in [1.82, 2.24) is 19.7 Å². The Labute approximate surface area is 81.6 Å². The van der Waals surface area contributed by atoms with Gasteiger partial charge in [-0.15, -0.1) is 10.2 Å². The Kier molecular flexibility index (Phi) is 1.45. The van der Waals surface area contributed by atoms with Crippen molar-refractivity contribution in [2.75, 3.05) is 0 Å². The van der Waals surface area contributed by atoms with Crippen LogP contribution in [0.2, 0.25) is 0 Å². The van der Waals surface area contributed by atoms with E-state index in [-0.39, 0.29) is 0 Å². The van der Waals surface area contributed by atoms with Crippen LogP contribution in [0.4, 0.5) is 0 Å². The summed E-state index contributed by atoms with van der Waals surface area (Å²) < 4.78 is 2.12. The summed E-state index contributed by atoms with van der Waals surface area (Å²) in [5.74, 6) is 2.01. The van der Waals surface area contributed by atoms with E-state index in [9.17, 15) is 0 Å². The third-order valence-electron chi connectivity index (χ3n) is 2.65. The van der Waals surface area contributed by atoms with E-state index in [2.05, 4.69) is 25.8 Å². The number of hydrogen-bond donors (Lipinski definition) is 0. The molecule has 3 heterocycles. The molecule has 1 aliphatic heterocycles. The summed E-state index contributed by atoms with van der Waals surface area (Å²) in [6.45, 7) is 2.79. The van der Waals surface area contributed by atoms with Crippen LogP contribution < -0.4 is 0 Å². The molecule has 0 radical (unpaired) electrons. The molecule has 0 atom stereocenters. The van der Waals surface area contributed by atoms with Gasteiger partial charge >= 0.3 is 0 Å². The molecular weight excluding hydrogens is 176 g/mol.